The molecule has 6 heteroatoms. The number of rotatable bonds is 6. The molecule has 2 aromatic carbocycles. The number of carbonyl (C=O) groups is 1. The highest BCUT2D eigenvalue weighted by Gasteiger charge is 2.32. The van der Waals surface area contributed by atoms with Crippen molar-refractivity contribution in [3.05, 3.63) is 69.2 Å². The number of aryl methyl sites for hydroxylation is 1. The van der Waals surface area contributed by atoms with Gasteiger partial charge in [0.05, 0.1) is 10.6 Å². The molecule has 29 heavy (non-hydrogen) atoms. The van der Waals surface area contributed by atoms with Crippen molar-refractivity contribution in [2.24, 2.45) is 11.8 Å². The van der Waals surface area contributed by atoms with Crippen LogP contribution in [0.1, 0.15) is 60.0 Å². The van der Waals surface area contributed by atoms with Crippen LogP contribution < -0.4 is 0 Å². The van der Waals surface area contributed by atoms with Crippen molar-refractivity contribution in [1.29, 1.82) is 0 Å². The molecule has 0 saturated heterocycles. The Morgan fingerprint density at radius 2 is 1.59 bits per heavy atom. The molecule has 0 spiro atoms. The van der Waals surface area contributed by atoms with Crippen molar-refractivity contribution < 1.29 is 18.0 Å². The smallest absolute Gasteiger partial charge is 0.294 e. The summed E-state index contributed by atoms with van der Waals surface area (Å²) in [6, 6.07) is 10.8. The molecular formula is C23H23Cl2F3O. The second-order valence-electron chi connectivity index (χ2n) is 7.84. The Bertz CT molecular complexity index is 855. The summed E-state index contributed by atoms with van der Waals surface area (Å²) in [6.07, 6.45) is 1.64. The van der Waals surface area contributed by atoms with E-state index in [0.29, 0.717) is 5.92 Å². The zero-order valence-electron chi connectivity index (χ0n) is 15.9. The van der Waals surface area contributed by atoms with Crippen LogP contribution >= 0.6 is 23.2 Å². The molecule has 1 nitrogen and oxygen atoms in total. The van der Waals surface area contributed by atoms with E-state index in [1.165, 1.54) is 0 Å². The molecule has 0 aromatic heterocycles. The molecule has 0 bridgehead atoms. The summed E-state index contributed by atoms with van der Waals surface area (Å²) >= 11 is 12.2. The van der Waals surface area contributed by atoms with Crippen molar-refractivity contribution in [1.82, 2.24) is 0 Å². The Labute approximate surface area is 179 Å². The Balaban J connectivity index is 1.52. The number of alkyl halides is 3. The minimum Gasteiger partial charge on any atom is -0.294 e. The zero-order valence-corrected chi connectivity index (χ0v) is 17.5. The van der Waals surface area contributed by atoms with Gasteiger partial charge in [-0.15, -0.1) is 0 Å². The molecular weight excluding hydrogens is 420 g/mol. The van der Waals surface area contributed by atoms with Gasteiger partial charge in [-0.2, -0.15) is 13.2 Å². The van der Waals surface area contributed by atoms with Crippen LogP contribution in [0, 0.1) is 11.8 Å². The first-order chi connectivity index (χ1) is 13.7. The first-order valence-electron chi connectivity index (χ1n) is 9.87. The maximum absolute atomic E-state index is 12.9. The van der Waals surface area contributed by atoms with Crippen molar-refractivity contribution in [3.63, 3.8) is 0 Å². The van der Waals surface area contributed by atoms with Crippen molar-refractivity contribution in [2.75, 3.05) is 0 Å². The van der Waals surface area contributed by atoms with E-state index in [4.69, 9.17) is 23.2 Å². The highest BCUT2D eigenvalue weighted by molar-refractivity contribution is 6.34. The van der Waals surface area contributed by atoms with Crippen LogP contribution in [0.3, 0.4) is 0 Å². The predicted octanol–water partition coefficient (Wildman–Crippen LogP) is 8.02. The van der Waals surface area contributed by atoms with E-state index in [1.54, 1.807) is 0 Å². The predicted molar refractivity (Wildman–Crippen MR) is 111 cm³/mol. The third kappa shape index (κ3) is 5.99. The Morgan fingerprint density at radius 3 is 2.24 bits per heavy atom. The SMILES string of the molecule is O=C(CC1CCC(CCc2ccccc2Cl)CC1)c1cc(C(F)(F)F)ccc1Cl. The third-order valence-corrected chi connectivity index (χ3v) is 6.51. The number of ketones is 1. The lowest BCUT2D eigenvalue weighted by molar-refractivity contribution is -0.137. The lowest BCUT2D eigenvalue weighted by atomic mass is 9.77. The molecule has 0 heterocycles. The lowest BCUT2D eigenvalue weighted by Crippen LogP contribution is -2.18. The zero-order chi connectivity index (χ0) is 21.0. The number of Topliss-reactive ketones (excluding diaryl/α,β-unsaturated/α-hetero) is 1. The summed E-state index contributed by atoms with van der Waals surface area (Å²) in [4.78, 5) is 12.6. The van der Waals surface area contributed by atoms with E-state index in [9.17, 15) is 18.0 Å². The lowest BCUT2D eigenvalue weighted by Gasteiger charge is -2.28. The fourth-order valence-corrected chi connectivity index (χ4v) is 4.53. The number of carbonyl (C=O) groups excluding carboxylic acids is 1. The van der Waals surface area contributed by atoms with Gasteiger partial charge in [-0.1, -0.05) is 54.2 Å². The molecule has 0 radical (unpaired) electrons. The van der Waals surface area contributed by atoms with Gasteiger partial charge < -0.3 is 0 Å². The van der Waals surface area contributed by atoms with E-state index < -0.39 is 11.7 Å². The van der Waals surface area contributed by atoms with Gasteiger partial charge in [0, 0.05) is 17.0 Å². The first-order valence-corrected chi connectivity index (χ1v) is 10.6. The molecule has 2 aromatic rings. The summed E-state index contributed by atoms with van der Waals surface area (Å²) < 4.78 is 38.8. The number of hydrogen-bond acceptors (Lipinski definition) is 1. The van der Waals surface area contributed by atoms with Crippen LogP contribution in [0.25, 0.3) is 0 Å². The molecule has 156 valence electrons. The van der Waals surface area contributed by atoms with Crippen molar-refractivity contribution >= 4 is 29.0 Å². The standard InChI is InChI=1S/C23H23Cl2F3O/c24-20-4-2-1-3-17(20)10-9-15-5-7-16(8-6-15)13-22(29)19-14-18(23(26,27)28)11-12-21(19)25/h1-4,11-12,14-16H,5-10,13H2. The largest absolute Gasteiger partial charge is 0.416 e. The molecule has 0 atom stereocenters. The van der Waals surface area contributed by atoms with Crippen LogP contribution in [-0.4, -0.2) is 5.78 Å². The Morgan fingerprint density at radius 1 is 0.931 bits per heavy atom. The van der Waals surface area contributed by atoms with Gasteiger partial charge in [0.1, 0.15) is 0 Å². The first kappa shape index (κ1) is 22.2. The van der Waals surface area contributed by atoms with Crippen LogP contribution in [0.5, 0.6) is 0 Å². The summed E-state index contributed by atoms with van der Waals surface area (Å²) in [6.45, 7) is 0. The van der Waals surface area contributed by atoms with E-state index in [0.717, 1.165) is 67.3 Å². The molecule has 1 aliphatic carbocycles. The number of halogens is 5. The van der Waals surface area contributed by atoms with Crippen LogP contribution in [0.4, 0.5) is 13.2 Å². The average molecular weight is 443 g/mol. The van der Waals surface area contributed by atoms with Crippen LogP contribution in [0.15, 0.2) is 42.5 Å². The van der Waals surface area contributed by atoms with Crippen LogP contribution in [-0.2, 0) is 12.6 Å². The normalized spacial score (nSPS) is 19.9. The van der Waals surface area contributed by atoms with Gasteiger partial charge in [-0.25, -0.2) is 0 Å². The minimum atomic E-state index is -4.49. The topological polar surface area (TPSA) is 17.1 Å². The highest BCUT2D eigenvalue weighted by atomic mass is 35.5. The van der Waals surface area contributed by atoms with Gasteiger partial charge in [-0.3, -0.25) is 4.79 Å². The Hall–Kier alpha value is -1.52. The number of benzene rings is 2. The van der Waals surface area contributed by atoms with Gasteiger partial charge >= 0.3 is 6.18 Å². The average Bonchev–Trinajstić information content (AvgIpc) is 2.68. The molecule has 0 unspecified atom stereocenters. The number of hydrogen-bond donors (Lipinski definition) is 0. The van der Waals surface area contributed by atoms with Gasteiger partial charge in [0.25, 0.3) is 0 Å². The molecule has 0 aliphatic heterocycles. The summed E-state index contributed by atoms with van der Waals surface area (Å²) in [5.41, 5.74) is 0.293. The molecule has 3 rings (SSSR count). The maximum Gasteiger partial charge on any atom is 0.416 e. The maximum atomic E-state index is 12.9. The fourth-order valence-electron chi connectivity index (χ4n) is 4.07. The molecule has 1 fully saturated rings. The summed E-state index contributed by atoms with van der Waals surface area (Å²) in [7, 11) is 0. The van der Waals surface area contributed by atoms with Crippen LogP contribution in [0.2, 0.25) is 10.0 Å². The molecule has 1 saturated carbocycles. The third-order valence-electron chi connectivity index (χ3n) is 5.81. The second-order valence-corrected chi connectivity index (χ2v) is 8.65. The summed E-state index contributed by atoms with van der Waals surface area (Å²) in [5.74, 6) is 0.486. The monoisotopic (exact) mass is 442 g/mol. The molecule has 0 amide bonds. The highest BCUT2D eigenvalue weighted by Crippen LogP contribution is 2.36. The second kappa shape index (κ2) is 9.53. The van der Waals surface area contributed by atoms with Gasteiger partial charge in [0.2, 0.25) is 0 Å². The quantitative estimate of drug-likeness (QED) is 0.413. The minimum absolute atomic E-state index is 0.0256. The van der Waals surface area contributed by atoms with Gasteiger partial charge in [0.15, 0.2) is 5.78 Å². The summed E-state index contributed by atoms with van der Waals surface area (Å²) in [5, 5.41) is 0.876. The molecule has 0 N–H and O–H groups in total. The van der Waals surface area contributed by atoms with E-state index in [2.05, 4.69) is 0 Å². The Kier molecular flexibility index (Phi) is 7.28. The van der Waals surface area contributed by atoms with Crippen molar-refractivity contribution in [2.45, 2.75) is 51.1 Å². The van der Waals surface area contributed by atoms with E-state index in [1.807, 2.05) is 24.3 Å². The fraction of sp³-hybridized carbons (Fsp3) is 0.435. The molecule has 1 aliphatic rings. The van der Waals surface area contributed by atoms with Gasteiger partial charge in [-0.05, 0) is 67.3 Å². The van der Waals surface area contributed by atoms with E-state index >= 15 is 0 Å². The van der Waals surface area contributed by atoms with Crippen molar-refractivity contribution in [3.8, 4) is 0 Å². The van der Waals surface area contributed by atoms with E-state index in [-0.39, 0.29) is 28.7 Å².